The molecule has 1 fully saturated rings. The first-order chi connectivity index (χ1) is 12.6. The Morgan fingerprint density at radius 2 is 2.19 bits per heavy atom. The van der Waals surface area contributed by atoms with Gasteiger partial charge in [-0.15, -0.1) is 0 Å². The Morgan fingerprint density at radius 3 is 2.74 bits per heavy atom. The fourth-order valence-corrected chi connectivity index (χ4v) is 5.37. The van der Waals surface area contributed by atoms with Crippen LogP contribution in [0.25, 0.3) is 0 Å². The van der Waals surface area contributed by atoms with Crippen LogP contribution in [0, 0.1) is 0 Å². The number of halogens is 1. The van der Waals surface area contributed by atoms with E-state index in [4.69, 9.17) is 4.42 Å². The maximum atomic E-state index is 13.1. The molecule has 0 spiro atoms. The Morgan fingerprint density at radius 1 is 1.44 bits per heavy atom. The molecule has 12 heteroatoms. The molecule has 27 heavy (non-hydrogen) atoms. The van der Waals surface area contributed by atoms with Crippen molar-refractivity contribution in [2.45, 2.75) is 24.2 Å². The highest BCUT2D eigenvalue weighted by Gasteiger charge is 2.36. The van der Waals surface area contributed by atoms with E-state index in [2.05, 4.69) is 25.9 Å². The largest absolute Gasteiger partial charge is 0.467 e. The summed E-state index contributed by atoms with van der Waals surface area (Å²) in [4.78, 5) is 22.1. The lowest BCUT2D eigenvalue weighted by Gasteiger charge is -2.27. The highest BCUT2D eigenvalue weighted by Crippen LogP contribution is 2.25. The van der Waals surface area contributed by atoms with E-state index in [0.717, 1.165) is 6.26 Å². The van der Waals surface area contributed by atoms with Crippen LogP contribution in [-0.2, 0) is 26.2 Å². The van der Waals surface area contributed by atoms with Crippen LogP contribution < -0.4 is 0 Å². The molecular weight excluding hydrogens is 462 g/mol. The van der Waals surface area contributed by atoms with E-state index in [1.165, 1.54) is 17.4 Å². The molecule has 2 aromatic heterocycles. The van der Waals surface area contributed by atoms with Gasteiger partial charge < -0.3 is 9.32 Å². The van der Waals surface area contributed by atoms with Crippen molar-refractivity contribution < 1.29 is 26.0 Å². The normalized spacial score (nSPS) is 19.1. The summed E-state index contributed by atoms with van der Waals surface area (Å²) < 4.78 is 52.7. The summed E-state index contributed by atoms with van der Waals surface area (Å²) in [6.45, 7) is 0.0384. The van der Waals surface area contributed by atoms with E-state index in [1.807, 2.05) is 0 Å². The monoisotopic (exact) mass is 477 g/mol. The van der Waals surface area contributed by atoms with Gasteiger partial charge in [0.05, 0.1) is 28.8 Å². The second-order valence-corrected chi connectivity index (χ2v) is 11.2. The number of aromatic nitrogens is 2. The zero-order valence-electron chi connectivity index (χ0n) is 14.2. The summed E-state index contributed by atoms with van der Waals surface area (Å²) in [7, 11) is -6.96. The molecule has 0 N–H and O–H groups in total. The highest BCUT2D eigenvalue weighted by atomic mass is 79.9. The Balaban J connectivity index is 2.00. The summed E-state index contributed by atoms with van der Waals surface area (Å²) in [6.07, 6.45) is 3.86. The molecule has 3 rings (SSSR count). The van der Waals surface area contributed by atoms with Gasteiger partial charge in [0.2, 0.25) is 15.0 Å². The van der Waals surface area contributed by atoms with Gasteiger partial charge in [0, 0.05) is 18.5 Å². The lowest BCUT2D eigenvalue weighted by Crippen LogP contribution is -2.41. The van der Waals surface area contributed by atoms with E-state index in [0.29, 0.717) is 5.76 Å². The molecule has 0 aliphatic carbocycles. The number of furan rings is 1. The van der Waals surface area contributed by atoms with Crippen LogP contribution in [0.5, 0.6) is 0 Å². The number of hydrogen-bond acceptors (Lipinski definition) is 8. The first-order valence-electron chi connectivity index (χ1n) is 7.83. The second kappa shape index (κ2) is 7.32. The molecule has 3 heterocycles. The lowest BCUT2D eigenvalue weighted by atomic mass is 10.2. The molecule has 0 radical (unpaired) electrons. The maximum Gasteiger partial charge on any atom is 0.274 e. The molecule has 0 saturated carbocycles. The summed E-state index contributed by atoms with van der Waals surface area (Å²) in [5.41, 5.74) is -0.152. The summed E-state index contributed by atoms with van der Waals surface area (Å²) in [5.74, 6) is -0.311. The molecule has 1 aliphatic rings. The summed E-state index contributed by atoms with van der Waals surface area (Å²) in [5, 5.41) is -0.481. The van der Waals surface area contributed by atoms with Crippen LogP contribution in [0.15, 0.2) is 38.6 Å². The minimum absolute atomic E-state index is 0.0147. The second-order valence-electron chi connectivity index (χ2n) is 6.19. The minimum atomic E-state index is -3.72. The Labute approximate surface area is 164 Å². The molecule has 1 amide bonds. The zero-order chi connectivity index (χ0) is 19.8. The van der Waals surface area contributed by atoms with Crippen LogP contribution >= 0.6 is 15.9 Å². The van der Waals surface area contributed by atoms with Crippen LogP contribution in [-0.4, -0.2) is 61.4 Å². The maximum absolute atomic E-state index is 13.1. The quantitative estimate of drug-likeness (QED) is 0.584. The molecular formula is C15H16BrN3O6S2. The van der Waals surface area contributed by atoms with Gasteiger partial charge in [-0.25, -0.2) is 26.8 Å². The fraction of sp³-hybridized carbons (Fsp3) is 0.400. The number of carbonyl (C=O) groups is 1. The predicted octanol–water partition coefficient (Wildman–Crippen LogP) is 1.07. The highest BCUT2D eigenvalue weighted by molar-refractivity contribution is 9.10. The van der Waals surface area contributed by atoms with Crippen molar-refractivity contribution in [3.63, 3.8) is 0 Å². The Bertz CT molecular complexity index is 1070. The lowest BCUT2D eigenvalue weighted by molar-refractivity contribution is 0.0658. The average Bonchev–Trinajstić information content (AvgIpc) is 3.20. The fourth-order valence-electron chi connectivity index (χ4n) is 2.77. The van der Waals surface area contributed by atoms with E-state index >= 15 is 0 Å². The molecule has 0 aromatic carbocycles. The van der Waals surface area contributed by atoms with Crippen LogP contribution in [0.4, 0.5) is 0 Å². The van der Waals surface area contributed by atoms with Crippen LogP contribution in [0.3, 0.4) is 0 Å². The van der Waals surface area contributed by atoms with Gasteiger partial charge in [-0.05, 0) is 34.5 Å². The number of amides is 1. The van der Waals surface area contributed by atoms with E-state index in [9.17, 15) is 21.6 Å². The molecule has 1 aliphatic heterocycles. The predicted molar refractivity (Wildman–Crippen MR) is 98.5 cm³/mol. The molecule has 1 saturated heterocycles. The van der Waals surface area contributed by atoms with Crippen molar-refractivity contribution in [1.82, 2.24) is 14.9 Å². The first kappa shape index (κ1) is 20.0. The number of carbonyl (C=O) groups excluding carboxylic acids is 1. The number of rotatable bonds is 5. The van der Waals surface area contributed by atoms with Crippen LogP contribution in [0.2, 0.25) is 0 Å². The van der Waals surface area contributed by atoms with E-state index in [1.54, 1.807) is 12.1 Å². The third-order valence-electron chi connectivity index (χ3n) is 4.07. The first-order valence-corrected chi connectivity index (χ1v) is 12.3. The van der Waals surface area contributed by atoms with Crippen molar-refractivity contribution in [3.8, 4) is 0 Å². The Hall–Kier alpha value is -1.79. The van der Waals surface area contributed by atoms with Gasteiger partial charge in [-0.2, -0.15) is 0 Å². The summed E-state index contributed by atoms with van der Waals surface area (Å²) in [6, 6.07) is 2.77. The third kappa shape index (κ3) is 4.55. The van der Waals surface area contributed by atoms with E-state index < -0.39 is 36.8 Å². The van der Waals surface area contributed by atoms with Crippen molar-refractivity contribution in [1.29, 1.82) is 0 Å². The number of nitrogens with zero attached hydrogens (tertiary/aromatic N) is 3. The number of sulfone groups is 2. The van der Waals surface area contributed by atoms with Crippen molar-refractivity contribution in [2.75, 3.05) is 17.8 Å². The SMILES string of the molecule is CS(=O)(=O)c1ncc(Br)c(C(=O)N(Cc2ccco2)[C@H]2CCS(=O)(=O)C2)n1. The van der Waals surface area contributed by atoms with Crippen molar-refractivity contribution in [2.24, 2.45) is 0 Å². The third-order valence-corrected chi connectivity index (χ3v) is 7.26. The van der Waals surface area contributed by atoms with Crippen LogP contribution in [0.1, 0.15) is 22.7 Å². The van der Waals surface area contributed by atoms with Crippen molar-refractivity contribution in [3.05, 3.63) is 40.5 Å². The smallest absolute Gasteiger partial charge is 0.274 e. The minimum Gasteiger partial charge on any atom is -0.467 e. The average molecular weight is 478 g/mol. The molecule has 1 atom stereocenters. The summed E-state index contributed by atoms with van der Waals surface area (Å²) >= 11 is 3.17. The zero-order valence-corrected chi connectivity index (χ0v) is 17.4. The van der Waals surface area contributed by atoms with Gasteiger partial charge in [-0.3, -0.25) is 4.79 Å². The van der Waals surface area contributed by atoms with Gasteiger partial charge in [0.1, 0.15) is 11.5 Å². The molecule has 146 valence electrons. The van der Waals surface area contributed by atoms with Gasteiger partial charge in [0.15, 0.2) is 9.84 Å². The molecule has 0 unspecified atom stereocenters. The van der Waals surface area contributed by atoms with E-state index in [-0.39, 0.29) is 34.6 Å². The van der Waals surface area contributed by atoms with Crippen molar-refractivity contribution >= 4 is 41.5 Å². The number of hydrogen-bond donors (Lipinski definition) is 0. The van der Waals surface area contributed by atoms with Gasteiger partial charge in [-0.1, -0.05) is 0 Å². The topological polar surface area (TPSA) is 128 Å². The molecule has 0 bridgehead atoms. The van der Waals surface area contributed by atoms with Gasteiger partial charge >= 0.3 is 0 Å². The standard InChI is InChI=1S/C15H16BrN3O6S2/c1-26(21,22)15-17-7-12(16)13(18-15)14(20)19(8-11-3-2-5-25-11)10-4-6-27(23,24)9-10/h2-3,5,7,10H,4,6,8-9H2,1H3/t10-/m0/s1. The Kier molecular flexibility index (Phi) is 5.41. The van der Waals surface area contributed by atoms with Gasteiger partial charge in [0.25, 0.3) is 5.91 Å². The molecule has 2 aromatic rings. The molecule has 9 nitrogen and oxygen atoms in total.